The summed E-state index contributed by atoms with van der Waals surface area (Å²) >= 11 is 0. The van der Waals surface area contributed by atoms with Gasteiger partial charge >= 0.3 is 0 Å². The number of nitrogens with one attached hydrogen (secondary N) is 1. The molecule has 0 aromatic carbocycles. The summed E-state index contributed by atoms with van der Waals surface area (Å²) in [5.41, 5.74) is 7.50. The van der Waals surface area contributed by atoms with E-state index in [9.17, 15) is 0 Å². The Kier molecular flexibility index (Phi) is 3.14. The van der Waals surface area contributed by atoms with E-state index in [-0.39, 0.29) is 5.84 Å². The lowest BCUT2D eigenvalue weighted by Crippen LogP contribution is -2.55. The van der Waals surface area contributed by atoms with Gasteiger partial charge in [0.1, 0.15) is 5.84 Å². The van der Waals surface area contributed by atoms with Gasteiger partial charge in [-0.1, -0.05) is 0 Å². The standard InChI is InChI=1S/C14H21N5/c1-10-8-18-6-2-3-11(18)9-19(10)13-7-17-5-4-12(13)14(15)16/h4-5,7,10-11H,2-3,6,8-9H2,1H3,(H3,15,16). The molecular weight excluding hydrogens is 238 g/mol. The Morgan fingerprint density at radius 2 is 2.32 bits per heavy atom. The summed E-state index contributed by atoms with van der Waals surface area (Å²) in [6, 6.07) is 2.93. The van der Waals surface area contributed by atoms with Gasteiger partial charge < -0.3 is 10.6 Å². The van der Waals surface area contributed by atoms with E-state index in [2.05, 4.69) is 21.7 Å². The zero-order chi connectivity index (χ0) is 13.4. The van der Waals surface area contributed by atoms with Crippen molar-refractivity contribution in [1.29, 1.82) is 5.41 Å². The zero-order valence-electron chi connectivity index (χ0n) is 11.3. The van der Waals surface area contributed by atoms with Crippen molar-refractivity contribution in [3.63, 3.8) is 0 Å². The summed E-state index contributed by atoms with van der Waals surface area (Å²) in [6.45, 7) is 5.59. The molecule has 0 amide bonds. The topological polar surface area (TPSA) is 69.2 Å². The van der Waals surface area contributed by atoms with Crippen LogP contribution in [0.5, 0.6) is 0 Å². The van der Waals surface area contributed by atoms with Crippen molar-refractivity contribution >= 4 is 11.5 Å². The first-order valence-corrected chi connectivity index (χ1v) is 6.96. The molecule has 3 rings (SSSR count). The van der Waals surface area contributed by atoms with Gasteiger partial charge in [-0.2, -0.15) is 0 Å². The first-order valence-electron chi connectivity index (χ1n) is 6.96. The maximum absolute atomic E-state index is 7.72. The molecule has 2 atom stereocenters. The van der Waals surface area contributed by atoms with Crippen LogP contribution in [0.3, 0.4) is 0 Å². The fourth-order valence-corrected chi connectivity index (χ4v) is 3.37. The van der Waals surface area contributed by atoms with Gasteiger partial charge in [-0.15, -0.1) is 0 Å². The fraction of sp³-hybridized carbons (Fsp3) is 0.571. The van der Waals surface area contributed by atoms with E-state index in [1.165, 1.54) is 19.4 Å². The van der Waals surface area contributed by atoms with Crippen LogP contribution < -0.4 is 10.6 Å². The fourth-order valence-electron chi connectivity index (χ4n) is 3.37. The van der Waals surface area contributed by atoms with E-state index < -0.39 is 0 Å². The second-order valence-electron chi connectivity index (χ2n) is 5.60. The number of pyridine rings is 1. The molecule has 2 fully saturated rings. The summed E-state index contributed by atoms with van der Waals surface area (Å²) in [4.78, 5) is 9.17. The number of piperazine rings is 1. The van der Waals surface area contributed by atoms with Crippen molar-refractivity contribution in [1.82, 2.24) is 9.88 Å². The van der Waals surface area contributed by atoms with E-state index in [1.54, 1.807) is 6.20 Å². The summed E-state index contributed by atoms with van der Waals surface area (Å²) in [5, 5.41) is 7.72. The van der Waals surface area contributed by atoms with Gasteiger partial charge in [0, 0.05) is 36.9 Å². The van der Waals surface area contributed by atoms with Crippen molar-refractivity contribution in [3.8, 4) is 0 Å². The van der Waals surface area contributed by atoms with Crippen molar-refractivity contribution in [2.45, 2.75) is 31.8 Å². The quantitative estimate of drug-likeness (QED) is 0.615. The van der Waals surface area contributed by atoms with Crippen LogP contribution >= 0.6 is 0 Å². The Labute approximate surface area is 113 Å². The molecule has 5 nitrogen and oxygen atoms in total. The maximum atomic E-state index is 7.72. The van der Waals surface area contributed by atoms with Gasteiger partial charge in [-0.3, -0.25) is 15.3 Å². The minimum Gasteiger partial charge on any atom is -0.384 e. The van der Waals surface area contributed by atoms with Gasteiger partial charge in [0.25, 0.3) is 0 Å². The molecule has 19 heavy (non-hydrogen) atoms. The lowest BCUT2D eigenvalue weighted by atomic mass is 10.1. The third kappa shape index (κ3) is 2.18. The van der Waals surface area contributed by atoms with E-state index in [1.807, 2.05) is 12.3 Å². The number of nitrogen functional groups attached to an aromatic ring is 1. The molecular formula is C14H21N5. The van der Waals surface area contributed by atoms with Gasteiger partial charge in [-0.25, -0.2) is 0 Å². The molecule has 0 bridgehead atoms. The van der Waals surface area contributed by atoms with Crippen molar-refractivity contribution in [3.05, 3.63) is 24.0 Å². The summed E-state index contributed by atoms with van der Waals surface area (Å²) in [6.07, 6.45) is 6.13. The monoisotopic (exact) mass is 259 g/mol. The Balaban J connectivity index is 1.91. The molecule has 2 aliphatic heterocycles. The summed E-state index contributed by atoms with van der Waals surface area (Å²) < 4.78 is 0. The van der Waals surface area contributed by atoms with Gasteiger partial charge in [-0.05, 0) is 32.4 Å². The average Bonchev–Trinajstić information content (AvgIpc) is 2.84. The molecule has 1 aromatic rings. The highest BCUT2D eigenvalue weighted by molar-refractivity contribution is 6.00. The number of anilines is 1. The molecule has 102 valence electrons. The number of hydrogen-bond donors (Lipinski definition) is 2. The van der Waals surface area contributed by atoms with Crippen LogP contribution in [0.4, 0.5) is 5.69 Å². The number of aromatic nitrogens is 1. The molecule has 3 heterocycles. The highest BCUT2D eigenvalue weighted by Crippen LogP contribution is 2.29. The molecule has 2 unspecified atom stereocenters. The van der Waals surface area contributed by atoms with Crippen LogP contribution in [0, 0.1) is 5.41 Å². The second-order valence-corrected chi connectivity index (χ2v) is 5.60. The largest absolute Gasteiger partial charge is 0.384 e. The number of rotatable bonds is 2. The van der Waals surface area contributed by atoms with Crippen LogP contribution in [0.25, 0.3) is 0 Å². The van der Waals surface area contributed by atoms with Crippen LogP contribution in [-0.4, -0.2) is 47.4 Å². The van der Waals surface area contributed by atoms with Crippen molar-refractivity contribution in [2.75, 3.05) is 24.5 Å². The van der Waals surface area contributed by atoms with Gasteiger partial charge in [0.05, 0.1) is 11.9 Å². The van der Waals surface area contributed by atoms with Crippen LogP contribution in [0.1, 0.15) is 25.3 Å². The first kappa shape index (κ1) is 12.4. The van der Waals surface area contributed by atoms with Crippen LogP contribution in [0.2, 0.25) is 0 Å². The molecule has 2 aliphatic rings. The Morgan fingerprint density at radius 3 is 3.11 bits per heavy atom. The predicted octanol–water partition coefficient (Wildman–Crippen LogP) is 1.04. The lowest BCUT2D eigenvalue weighted by Gasteiger charge is -2.44. The third-order valence-corrected chi connectivity index (χ3v) is 4.34. The number of amidine groups is 1. The summed E-state index contributed by atoms with van der Waals surface area (Å²) in [7, 11) is 0. The number of nitrogens with zero attached hydrogens (tertiary/aromatic N) is 3. The van der Waals surface area contributed by atoms with Gasteiger partial charge in [0.2, 0.25) is 0 Å². The molecule has 0 spiro atoms. The number of hydrogen-bond acceptors (Lipinski definition) is 4. The van der Waals surface area contributed by atoms with E-state index >= 15 is 0 Å². The number of nitrogens with two attached hydrogens (primary N) is 1. The molecule has 3 N–H and O–H groups in total. The first-order chi connectivity index (χ1) is 9.16. The van der Waals surface area contributed by atoms with Crippen LogP contribution in [-0.2, 0) is 0 Å². The maximum Gasteiger partial charge on any atom is 0.125 e. The minimum absolute atomic E-state index is 0.124. The predicted molar refractivity (Wildman–Crippen MR) is 76.7 cm³/mol. The highest BCUT2D eigenvalue weighted by Gasteiger charge is 2.35. The molecule has 0 radical (unpaired) electrons. The molecule has 0 saturated carbocycles. The number of fused-ring (bicyclic) bond motifs is 1. The molecule has 1 aromatic heterocycles. The SMILES string of the molecule is CC1CN2CCCC2CN1c1cnccc1C(=N)N. The Morgan fingerprint density at radius 1 is 1.47 bits per heavy atom. The van der Waals surface area contributed by atoms with Crippen molar-refractivity contribution < 1.29 is 0 Å². The lowest BCUT2D eigenvalue weighted by molar-refractivity contribution is 0.203. The molecule has 2 saturated heterocycles. The Hall–Kier alpha value is -1.62. The van der Waals surface area contributed by atoms with Crippen LogP contribution in [0.15, 0.2) is 18.5 Å². The molecule has 0 aliphatic carbocycles. The van der Waals surface area contributed by atoms with Gasteiger partial charge in [0.15, 0.2) is 0 Å². The smallest absolute Gasteiger partial charge is 0.125 e. The van der Waals surface area contributed by atoms with E-state index in [0.717, 1.165) is 24.3 Å². The highest BCUT2D eigenvalue weighted by atomic mass is 15.3. The molecule has 5 heteroatoms. The average molecular weight is 259 g/mol. The van der Waals surface area contributed by atoms with E-state index in [0.29, 0.717) is 12.1 Å². The zero-order valence-corrected chi connectivity index (χ0v) is 11.3. The summed E-state index contributed by atoms with van der Waals surface area (Å²) in [5.74, 6) is 0.124. The van der Waals surface area contributed by atoms with Crippen molar-refractivity contribution in [2.24, 2.45) is 5.73 Å². The Bertz CT molecular complexity index is 486. The van der Waals surface area contributed by atoms with E-state index in [4.69, 9.17) is 11.1 Å². The second kappa shape index (κ2) is 4.81. The third-order valence-electron chi connectivity index (χ3n) is 4.34. The minimum atomic E-state index is 0.124. The normalized spacial score (nSPS) is 27.3.